The smallest absolute Gasteiger partial charge is 0.269 e. The molecule has 0 aromatic carbocycles. The van der Waals surface area contributed by atoms with E-state index in [0.717, 1.165) is 51.1 Å². The van der Waals surface area contributed by atoms with Crippen molar-refractivity contribution in [3.05, 3.63) is 24.0 Å². The minimum atomic E-state index is -0.580. The highest BCUT2D eigenvalue weighted by atomic mass is 16.3. The van der Waals surface area contributed by atoms with Gasteiger partial charge in [0.1, 0.15) is 5.69 Å². The molecule has 0 radical (unpaired) electrons. The molecule has 1 unspecified atom stereocenters. The normalized spacial score (nSPS) is 25.5. The van der Waals surface area contributed by atoms with Gasteiger partial charge >= 0.3 is 0 Å². The first kappa shape index (κ1) is 19.1. The summed E-state index contributed by atoms with van der Waals surface area (Å²) in [6.45, 7) is 10.1. The van der Waals surface area contributed by atoms with Gasteiger partial charge in [-0.15, -0.1) is 0 Å². The zero-order valence-electron chi connectivity index (χ0n) is 16.5. The molecule has 26 heavy (non-hydrogen) atoms. The monoisotopic (exact) mass is 360 g/mol. The topological polar surface area (TPSA) is 68.7 Å². The summed E-state index contributed by atoms with van der Waals surface area (Å²) in [6, 6.07) is 4.30. The van der Waals surface area contributed by atoms with Gasteiger partial charge in [0.05, 0.1) is 17.5 Å². The van der Waals surface area contributed by atoms with E-state index in [9.17, 15) is 9.90 Å². The summed E-state index contributed by atoms with van der Waals surface area (Å²) < 4.78 is 0. The summed E-state index contributed by atoms with van der Waals surface area (Å²) in [6.07, 6.45) is 4.84. The van der Waals surface area contributed by atoms with Crippen molar-refractivity contribution in [3.63, 3.8) is 0 Å². The second-order valence-electron chi connectivity index (χ2n) is 8.70. The van der Waals surface area contributed by atoms with Crippen molar-refractivity contribution < 1.29 is 9.90 Å². The number of nitrogens with zero attached hydrogens (tertiary/aromatic N) is 3. The molecule has 0 saturated carbocycles. The Bertz CT molecular complexity index is 632. The lowest BCUT2D eigenvalue weighted by atomic mass is 9.76. The predicted molar refractivity (Wildman–Crippen MR) is 103 cm³/mol. The maximum atomic E-state index is 11.6. The molecule has 0 bridgehead atoms. The Balaban J connectivity index is 1.56. The highest BCUT2D eigenvalue weighted by Gasteiger charge is 2.46. The fourth-order valence-electron chi connectivity index (χ4n) is 4.07. The van der Waals surface area contributed by atoms with E-state index in [1.54, 1.807) is 19.3 Å². The Hall–Kier alpha value is -1.66. The van der Waals surface area contributed by atoms with E-state index in [2.05, 4.69) is 40.9 Å². The summed E-state index contributed by atoms with van der Waals surface area (Å²) in [5.74, 6) is -0.157. The number of carbonyl (C=O) groups excluding carboxylic acids is 1. The Morgan fingerprint density at radius 1 is 1.27 bits per heavy atom. The van der Waals surface area contributed by atoms with Crippen LogP contribution in [0.4, 0.5) is 5.69 Å². The van der Waals surface area contributed by atoms with Gasteiger partial charge in [-0.05, 0) is 36.8 Å². The van der Waals surface area contributed by atoms with Crippen LogP contribution >= 0.6 is 0 Å². The van der Waals surface area contributed by atoms with Crippen LogP contribution in [0, 0.1) is 5.41 Å². The van der Waals surface area contributed by atoms with Gasteiger partial charge in [-0.25, -0.2) is 4.98 Å². The molecule has 144 valence electrons. The third-order valence-corrected chi connectivity index (χ3v) is 6.23. The second-order valence-corrected chi connectivity index (χ2v) is 8.70. The highest BCUT2D eigenvalue weighted by Crippen LogP contribution is 2.39. The van der Waals surface area contributed by atoms with E-state index in [1.165, 1.54) is 0 Å². The van der Waals surface area contributed by atoms with Gasteiger partial charge in [-0.3, -0.25) is 9.69 Å². The maximum Gasteiger partial charge on any atom is 0.269 e. The molecule has 0 spiro atoms. The standard InChI is InChI=1S/C20H32N4O2/c1-19(2,3)20(26)9-12-24(14-20)15-7-10-23(11-8-15)16-5-6-17(22-13-16)18(25)21-4/h5-6,13,15,26H,7-12,14H2,1-4H3,(H,21,25). The van der Waals surface area contributed by atoms with Crippen LogP contribution < -0.4 is 10.2 Å². The van der Waals surface area contributed by atoms with Crippen molar-refractivity contribution in [1.29, 1.82) is 0 Å². The molecule has 1 amide bonds. The van der Waals surface area contributed by atoms with Gasteiger partial charge in [-0.1, -0.05) is 20.8 Å². The SMILES string of the molecule is CNC(=O)c1ccc(N2CCC(N3CCC(O)(C(C)(C)C)C3)CC2)cn1. The number of carbonyl (C=O) groups is 1. The van der Waals surface area contributed by atoms with Crippen molar-refractivity contribution in [2.24, 2.45) is 5.41 Å². The van der Waals surface area contributed by atoms with Crippen LogP contribution in [0.3, 0.4) is 0 Å². The number of hydrogen-bond donors (Lipinski definition) is 2. The first-order chi connectivity index (χ1) is 12.2. The minimum Gasteiger partial charge on any atom is -0.388 e. The van der Waals surface area contributed by atoms with Crippen LogP contribution in [0.15, 0.2) is 18.3 Å². The molecule has 2 aliphatic rings. The number of β-amino-alcohol motifs (C(OH)–C–C–N with tert-alkyl or cyclic N) is 1. The number of aromatic nitrogens is 1. The second kappa shape index (κ2) is 7.16. The van der Waals surface area contributed by atoms with Crippen LogP contribution in [0.2, 0.25) is 0 Å². The summed E-state index contributed by atoms with van der Waals surface area (Å²) in [7, 11) is 1.61. The van der Waals surface area contributed by atoms with E-state index in [4.69, 9.17) is 0 Å². The third kappa shape index (κ3) is 3.71. The number of piperidine rings is 1. The molecule has 6 nitrogen and oxygen atoms in total. The lowest BCUT2D eigenvalue weighted by molar-refractivity contribution is -0.0507. The van der Waals surface area contributed by atoms with Crippen LogP contribution in [0.5, 0.6) is 0 Å². The third-order valence-electron chi connectivity index (χ3n) is 6.23. The van der Waals surface area contributed by atoms with Crippen molar-refractivity contribution in [2.45, 2.75) is 51.7 Å². The summed E-state index contributed by atoms with van der Waals surface area (Å²) in [4.78, 5) is 20.7. The van der Waals surface area contributed by atoms with Crippen LogP contribution in [-0.4, -0.2) is 65.8 Å². The molecule has 6 heteroatoms. The number of anilines is 1. The van der Waals surface area contributed by atoms with Crippen molar-refractivity contribution in [2.75, 3.05) is 38.1 Å². The first-order valence-electron chi connectivity index (χ1n) is 9.63. The number of nitrogens with one attached hydrogen (secondary N) is 1. The summed E-state index contributed by atoms with van der Waals surface area (Å²) >= 11 is 0. The van der Waals surface area contributed by atoms with E-state index < -0.39 is 5.60 Å². The average molecular weight is 361 g/mol. The zero-order chi connectivity index (χ0) is 18.9. The molecular formula is C20H32N4O2. The Morgan fingerprint density at radius 3 is 2.46 bits per heavy atom. The van der Waals surface area contributed by atoms with E-state index in [-0.39, 0.29) is 11.3 Å². The molecule has 1 aromatic rings. The van der Waals surface area contributed by atoms with Gasteiger partial charge in [0.15, 0.2) is 0 Å². The quantitative estimate of drug-likeness (QED) is 0.862. The molecule has 1 aromatic heterocycles. The number of pyridine rings is 1. The lowest BCUT2D eigenvalue weighted by Crippen LogP contribution is -2.49. The van der Waals surface area contributed by atoms with Gasteiger partial charge in [0.2, 0.25) is 0 Å². The van der Waals surface area contributed by atoms with Gasteiger partial charge in [0, 0.05) is 39.3 Å². The summed E-state index contributed by atoms with van der Waals surface area (Å²) in [5, 5.41) is 13.6. The van der Waals surface area contributed by atoms with Crippen LogP contribution in [0.25, 0.3) is 0 Å². The van der Waals surface area contributed by atoms with Crippen LogP contribution in [-0.2, 0) is 0 Å². The predicted octanol–water partition coefficient (Wildman–Crippen LogP) is 1.89. The largest absolute Gasteiger partial charge is 0.388 e. The number of hydrogen-bond acceptors (Lipinski definition) is 5. The van der Waals surface area contributed by atoms with Gasteiger partial charge < -0.3 is 15.3 Å². The molecule has 2 saturated heterocycles. The van der Waals surface area contributed by atoms with E-state index in [0.29, 0.717) is 11.7 Å². The fraction of sp³-hybridized carbons (Fsp3) is 0.700. The number of aliphatic hydroxyl groups is 1. The number of amides is 1. The number of rotatable bonds is 3. The molecule has 2 N–H and O–H groups in total. The van der Waals surface area contributed by atoms with E-state index in [1.807, 2.05) is 6.07 Å². The van der Waals surface area contributed by atoms with Gasteiger partial charge in [-0.2, -0.15) is 0 Å². The number of likely N-dealkylation sites (tertiary alicyclic amines) is 1. The minimum absolute atomic E-state index is 0.0827. The molecule has 3 rings (SSSR count). The van der Waals surface area contributed by atoms with Crippen molar-refractivity contribution >= 4 is 11.6 Å². The first-order valence-corrected chi connectivity index (χ1v) is 9.63. The molecule has 0 aliphatic carbocycles. The maximum absolute atomic E-state index is 11.6. The Morgan fingerprint density at radius 2 is 1.96 bits per heavy atom. The molecule has 2 fully saturated rings. The zero-order valence-corrected chi connectivity index (χ0v) is 16.5. The van der Waals surface area contributed by atoms with Crippen LogP contribution in [0.1, 0.15) is 50.5 Å². The Kier molecular flexibility index (Phi) is 5.26. The Labute approximate surface area is 156 Å². The highest BCUT2D eigenvalue weighted by molar-refractivity contribution is 5.92. The molecule has 3 heterocycles. The van der Waals surface area contributed by atoms with Crippen molar-refractivity contribution in [3.8, 4) is 0 Å². The lowest BCUT2D eigenvalue weighted by Gasteiger charge is -2.40. The average Bonchev–Trinajstić information content (AvgIpc) is 3.05. The summed E-state index contributed by atoms with van der Waals surface area (Å²) in [5.41, 5.74) is 0.859. The van der Waals surface area contributed by atoms with Crippen molar-refractivity contribution in [1.82, 2.24) is 15.2 Å². The molecule has 1 atom stereocenters. The fourth-order valence-corrected chi connectivity index (χ4v) is 4.07. The molecule has 2 aliphatic heterocycles. The van der Waals surface area contributed by atoms with Gasteiger partial charge in [0.25, 0.3) is 5.91 Å². The van der Waals surface area contributed by atoms with E-state index >= 15 is 0 Å². The molecular weight excluding hydrogens is 328 g/mol.